The smallest absolute Gasteiger partial charge is 0.247 e. The molecule has 0 fully saturated rings. The predicted octanol–water partition coefficient (Wildman–Crippen LogP) is 2.60. The van der Waals surface area contributed by atoms with Crippen LogP contribution < -0.4 is 20.5 Å². The number of hydrogen-bond donors (Lipinski definition) is 2. The van der Waals surface area contributed by atoms with E-state index in [9.17, 15) is 10.1 Å². The lowest BCUT2D eigenvalue weighted by atomic mass is 9.79. The zero-order valence-electron chi connectivity index (χ0n) is 15.6. The molecule has 1 aromatic heterocycles. The maximum atomic E-state index is 12.3. The maximum Gasteiger partial charge on any atom is 0.247 e. The number of hydrogen-bond acceptors (Lipinski definition) is 6. The Morgan fingerprint density at radius 2 is 2.04 bits per heavy atom. The third kappa shape index (κ3) is 2.95. The molecule has 2 aromatic rings. The van der Waals surface area contributed by atoms with Crippen LogP contribution in [-0.2, 0) is 4.79 Å². The molecule has 7 nitrogen and oxygen atoms in total. The Morgan fingerprint density at radius 3 is 2.63 bits per heavy atom. The molecule has 27 heavy (non-hydrogen) atoms. The molecule has 0 spiro atoms. The third-order valence-electron chi connectivity index (χ3n) is 4.70. The average molecular weight is 364 g/mol. The van der Waals surface area contributed by atoms with Crippen molar-refractivity contribution < 1.29 is 14.3 Å². The summed E-state index contributed by atoms with van der Waals surface area (Å²) in [6.07, 6.45) is 1.71. The minimum atomic E-state index is -0.550. The van der Waals surface area contributed by atoms with E-state index >= 15 is 0 Å². The van der Waals surface area contributed by atoms with Gasteiger partial charge in [0, 0.05) is 23.0 Å². The molecule has 1 amide bonds. The van der Waals surface area contributed by atoms with Crippen molar-refractivity contribution >= 4 is 11.6 Å². The highest BCUT2D eigenvalue weighted by molar-refractivity contribution is 5.98. The normalized spacial score (nSPS) is 15.4. The molecule has 0 unspecified atom stereocenters. The second-order valence-corrected chi connectivity index (χ2v) is 6.27. The summed E-state index contributed by atoms with van der Waals surface area (Å²) in [5.41, 5.74) is 10.4. The van der Waals surface area contributed by atoms with Crippen LogP contribution in [0.4, 0.5) is 5.69 Å². The van der Waals surface area contributed by atoms with Gasteiger partial charge in [-0.1, -0.05) is 6.07 Å². The summed E-state index contributed by atoms with van der Waals surface area (Å²) in [5.74, 6) is -0.206. The van der Waals surface area contributed by atoms with E-state index in [1.54, 1.807) is 31.3 Å². The van der Waals surface area contributed by atoms with E-state index < -0.39 is 11.8 Å². The van der Waals surface area contributed by atoms with Crippen LogP contribution in [0.2, 0.25) is 0 Å². The lowest BCUT2D eigenvalue weighted by Gasteiger charge is -2.32. The lowest BCUT2D eigenvalue weighted by molar-refractivity contribution is -0.114. The molecule has 0 aliphatic carbocycles. The Kier molecular flexibility index (Phi) is 4.74. The number of amides is 1. The number of allylic oxidation sites excluding steroid dienone is 1. The molecule has 1 aliphatic heterocycles. The van der Waals surface area contributed by atoms with Crippen molar-refractivity contribution in [3.05, 3.63) is 57.9 Å². The minimum Gasteiger partial charge on any atom is -0.496 e. The Morgan fingerprint density at radius 1 is 1.30 bits per heavy atom. The fourth-order valence-electron chi connectivity index (χ4n) is 3.48. The molecule has 0 saturated carbocycles. The van der Waals surface area contributed by atoms with Crippen molar-refractivity contribution in [2.24, 2.45) is 5.73 Å². The second-order valence-electron chi connectivity index (χ2n) is 6.27. The highest BCUT2D eigenvalue weighted by Crippen LogP contribution is 2.48. The van der Waals surface area contributed by atoms with E-state index in [4.69, 9.17) is 15.2 Å². The van der Waals surface area contributed by atoms with Gasteiger partial charge in [0.15, 0.2) is 0 Å². The fourth-order valence-corrected chi connectivity index (χ4v) is 3.48. The van der Waals surface area contributed by atoms with Gasteiger partial charge >= 0.3 is 0 Å². The van der Waals surface area contributed by atoms with Gasteiger partial charge in [0.05, 0.1) is 43.0 Å². The van der Waals surface area contributed by atoms with Gasteiger partial charge in [-0.25, -0.2) is 4.98 Å². The van der Waals surface area contributed by atoms with Gasteiger partial charge in [-0.05, 0) is 31.5 Å². The first-order chi connectivity index (χ1) is 12.9. The number of nitrogens with zero attached hydrogens (tertiary/aromatic N) is 2. The minimum absolute atomic E-state index is 0.394. The van der Waals surface area contributed by atoms with Crippen LogP contribution in [0.15, 0.2) is 35.7 Å². The third-order valence-corrected chi connectivity index (χ3v) is 4.70. The molecule has 7 heteroatoms. The molecule has 2 heterocycles. The molecule has 0 bridgehead atoms. The number of carbonyl (C=O) groups is 1. The highest BCUT2D eigenvalue weighted by Gasteiger charge is 2.36. The first-order valence-electron chi connectivity index (χ1n) is 8.32. The van der Waals surface area contributed by atoms with E-state index in [2.05, 4.69) is 16.4 Å². The monoisotopic (exact) mass is 364 g/mol. The number of nitrogens with two attached hydrogens (primary N) is 1. The summed E-state index contributed by atoms with van der Waals surface area (Å²) in [4.78, 5) is 16.7. The number of nitrogens with one attached hydrogen (secondary N) is 1. The molecule has 138 valence electrons. The van der Waals surface area contributed by atoms with Gasteiger partial charge in [-0.2, -0.15) is 5.26 Å². The number of fused-ring (bicyclic) bond motifs is 1. The first-order valence-corrected chi connectivity index (χ1v) is 8.32. The van der Waals surface area contributed by atoms with Crippen molar-refractivity contribution in [1.82, 2.24) is 4.98 Å². The van der Waals surface area contributed by atoms with E-state index in [1.165, 1.54) is 14.2 Å². The van der Waals surface area contributed by atoms with Gasteiger partial charge in [-0.3, -0.25) is 4.79 Å². The zero-order chi connectivity index (χ0) is 19.7. The molecular weight excluding hydrogens is 344 g/mol. The first kappa shape index (κ1) is 18.3. The van der Waals surface area contributed by atoms with Crippen molar-refractivity contribution in [1.29, 1.82) is 5.26 Å². The summed E-state index contributed by atoms with van der Waals surface area (Å²) >= 11 is 0. The quantitative estimate of drug-likeness (QED) is 0.863. The fraction of sp³-hybridized carbons (Fsp3) is 0.250. The number of benzene rings is 1. The predicted molar refractivity (Wildman–Crippen MR) is 101 cm³/mol. The van der Waals surface area contributed by atoms with Gasteiger partial charge in [0.25, 0.3) is 0 Å². The van der Waals surface area contributed by atoms with Crippen molar-refractivity contribution in [3.63, 3.8) is 0 Å². The van der Waals surface area contributed by atoms with E-state index in [0.29, 0.717) is 39.6 Å². The number of pyridine rings is 1. The number of aromatic nitrogens is 1. The Bertz CT molecular complexity index is 1010. The number of aryl methyl sites for hydroxylation is 1. The van der Waals surface area contributed by atoms with Crippen LogP contribution in [0.5, 0.6) is 11.6 Å². The summed E-state index contributed by atoms with van der Waals surface area (Å²) in [7, 11) is 3.05. The van der Waals surface area contributed by atoms with Gasteiger partial charge in [0.2, 0.25) is 11.8 Å². The standard InChI is InChI=1S/C20H20N4O3/c1-10-9-23-20(27-4)17-16(15(19(22)25)11(2)24-18(10)17)13-6-5-12(8-21)7-14(13)26-3/h5-7,9,16,24H,1-4H3,(H2,22,25)/t16-/m1/s1. The molecule has 3 N–H and O–H groups in total. The summed E-state index contributed by atoms with van der Waals surface area (Å²) in [6, 6.07) is 7.19. The number of nitriles is 1. The molecular formula is C20H20N4O3. The van der Waals surface area contributed by atoms with Crippen LogP contribution in [0, 0.1) is 18.3 Å². The number of primary amides is 1. The summed E-state index contributed by atoms with van der Waals surface area (Å²) in [5, 5.41) is 12.4. The highest BCUT2D eigenvalue weighted by atomic mass is 16.5. The molecule has 0 radical (unpaired) electrons. The van der Waals surface area contributed by atoms with E-state index in [-0.39, 0.29) is 0 Å². The Labute approximate surface area is 157 Å². The topological polar surface area (TPSA) is 110 Å². The summed E-state index contributed by atoms with van der Waals surface area (Å²) < 4.78 is 11.0. The summed E-state index contributed by atoms with van der Waals surface area (Å²) in [6.45, 7) is 3.73. The van der Waals surface area contributed by atoms with Crippen LogP contribution in [0.1, 0.15) is 35.1 Å². The second kappa shape index (κ2) is 7.00. The Hall–Kier alpha value is -3.53. The lowest BCUT2D eigenvalue weighted by Crippen LogP contribution is -2.28. The van der Waals surface area contributed by atoms with Gasteiger partial charge in [0.1, 0.15) is 5.75 Å². The van der Waals surface area contributed by atoms with Gasteiger partial charge < -0.3 is 20.5 Å². The van der Waals surface area contributed by atoms with Crippen molar-refractivity contribution in [3.8, 4) is 17.7 Å². The van der Waals surface area contributed by atoms with E-state index in [1.807, 2.05) is 6.92 Å². The Balaban J connectivity index is 2.38. The molecule has 0 saturated heterocycles. The molecule has 1 aliphatic rings. The van der Waals surface area contributed by atoms with Crippen LogP contribution >= 0.6 is 0 Å². The average Bonchev–Trinajstić information content (AvgIpc) is 2.67. The molecule has 1 atom stereocenters. The van der Waals surface area contributed by atoms with Crippen molar-refractivity contribution in [2.45, 2.75) is 19.8 Å². The van der Waals surface area contributed by atoms with Crippen molar-refractivity contribution in [2.75, 3.05) is 19.5 Å². The number of methoxy groups -OCH3 is 2. The maximum absolute atomic E-state index is 12.3. The number of carbonyl (C=O) groups excluding carboxylic acids is 1. The largest absolute Gasteiger partial charge is 0.496 e. The number of anilines is 1. The number of rotatable bonds is 4. The van der Waals surface area contributed by atoms with Crippen LogP contribution in [0.3, 0.4) is 0 Å². The zero-order valence-corrected chi connectivity index (χ0v) is 15.6. The van der Waals surface area contributed by atoms with Gasteiger partial charge in [-0.15, -0.1) is 0 Å². The van der Waals surface area contributed by atoms with Crippen LogP contribution in [0.25, 0.3) is 0 Å². The SMILES string of the molecule is COc1cc(C#N)ccc1[C@@H]1C(C(N)=O)=C(C)Nc2c(C)cnc(OC)c21. The molecule has 1 aromatic carbocycles. The van der Waals surface area contributed by atoms with Crippen LogP contribution in [-0.4, -0.2) is 25.1 Å². The number of ether oxygens (including phenoxy) is 2. The molecule has 3 rings (SSSR count). The van der Waals surface area contributed by atoms with E-state index in [0.717, 1.165) is 11.3 Å².